The smallest absolute Gasteiger partial charge is 0.233 e. The van der Waals surface area contributed by atoms with E-state index in [1.165, 1.54) is 0 Å². The van der Waals surface area contributed by atoms with Crippen LogP contribution in [0.15, 0.2) is 48.7 Å². The van der Waals surface area contributed by atoms with Crippen LogP contribution in [0, 0.1) is 0 Å². The van der Waals surface area contributed by atoms with Crippen LogP contribution in [-0.2, 0) is 0 Å². The van der Waals surface area contributed by atoms with Gasteiger partial charge in [0.15, 0.2) is 0 Å². The number of halogens is 1. The molecule has 1 aliphatic carbocycles. The van der Waals surface area contributed by atoms with E-state index in [-0.39, 0.29) is 5.75 Å². The van der Waals surface area contributed by atoms with Crippen LogP contribution >= 0.6 is 0 Å². The molecule has 7 heteroatoms. The Morgan fingerprint density at radius 2 is 1.86 bits per heavy atom. The van der Waals surface area contributed by atoms with E-state index in [1.807, 2.05) is 12.1 Å². The lowest BCUT2D eigenvalue weighted by Gasteiger charge is -2.14. The molecule has 1 aliphatic rings. The van der Waals surface area contributed by atoms with Crippen LogP contribution < -0.4 is 9.47 Å². The van der Waals surface area contributed by atoms with Crippen molar-refractivity contribution in [2.24, 2.45) is 0 Å². The summed E-state index contributed by atoms with van der Waals surface area (Å²) in [7, 11) is 1.55. The third kappa shape index (κ3) is 3.74. The highest BCUT2D eigenvalue weighted by atomic mass is 19.1. The van der Waals surface area contributed by atoms with Crippen LogP contribution in [0.1, 0.15) is 19.3 Å². The summed E-state index contributed by atoms with van der Waals surface area (Å²) in [5, 5.41) is 18.6. The van der Waals surface area contributed by atoms with Crippen molar-refractivity contribution >= 4 is 0 Å². The molecule has 1 saturated carbocycles. The van der Waals surface area contributed by atoms with E-state index < -0.39 is 12.3 Å². The molecule has 0 radical (unpaired) electrons. The lowest BCUT2D eigenvalue weighted by Crippen LogP contribution is -2.22. The highest BCUT2D eigenvalue weighted by molar-refractivity contribution is 5.74. The Kier molecular flexibility index (Phi) is 5.06. The number of nitrogens with zero attached hydrogens (tertiary/aromatic N) is 3. The number of aromatic nitrogens is 3. The summed E-state index contributed by atoms with van der Waals surface area (Å²) in [6.07, 6.45) is 2.28. The molecule has 1 N–H and O–H groups in total. The van der Waals surface area contributed by atoms with Crippen LogP contribution in [-0.4, -0.2) is 39.7 Å². The Bertz CT molecular complexity index is 965. The zero-order chi connectivity index (χ0) is 19.5. The van der Waals surface area contributed by atoms with E-state index in [4.69, 9.17) is 9.47 Å². The molecule has 0 saturated heterocycles. The molecule has 28 heavy (non-hydrogen) atoms. The van der Waals surface area contributed by atoms with Crippen molar-refractivity contribution in [1.29, 1.82) is 0 Å². The molecule has 2 aromatic heterocycles. The van der Waals surface area contributed by atoms with Crippen molar-refractivity contribution in [3.8, 4) is 39.9 Å². The Morgan fingerprint density at radius 3 is 2.54 bits per heavy atom. The third-order valence-electron chi connectivity index (χ3n) is 4.84. The topological polar surface area (TPSA) is 77.4 Å². The molecule has 4 rings (SSSR count). The Morgan fingerprint density at radius 1 is 1.00 bits per heavy atom. The normalized spacial score (nSPS) is 18.8. The first kappa shape index (κ1) is 18.2. The first-order valence-electron chi connectivity index (χ1n) is 9.12. The van der Waals surface area contributed by atoms with Crippen molar-refractivity contribution in [1.82, 2.24) is 15.2 Å². The summed E-state index contributed by atoms with van der Waals surface area (Å²) in [5.74, 6) is 0.870. The molecular formula is C21H20FN3O3. The molecule has 6 nitrogen and oxygen atoms in total. The number of phenols is 1. The number of rotatable bonds is 5. The van der Waals surface area contributed by atoms with Crippen LogP contribution in [0.5, 0.6) is 17.5 Å². The minimum atomic E-state index is -0.954. The average molecular weight is 381 g/mol. The van der Waals surface area contributed by atoms with Crippen molar-refractivity contribution in [3.05, 3.63) is 48.7 Å². The van der Waals surface area contributed by atoms with Gasteiger partial charge in [-0.3, -0.25) is 0 Å². The van der Waals surface area contributed by atoms with Gasteiger partial charge in [-0.05, 0) is 54.7 Å². The summed E-state index contributed by atoms with van der Waals surface area (Å²) in [6, 6.07) is 12.3. The highest BCUT2D eigenvalue weighted by Crippen LogP contribution is 2.33. The fourth-order valence-corrected chi connectivity index (χ4v) is 3.32. The van der Waals surface area contributed by atoms with Gasteiger partial charge >= 0.3 is 0 Å². The quantitative estimate of drug-likeness (QED) is 0.714. The van der Waals surface area contributed by atoms with Gasteiger partial charge in [0, 0.05) is 23.9 Å². The second-order valence-electron chi connectivity index (χ2n) is 6.68. The lowest BCUT2D eigenvalue weighted by atomic mass is 10.0. The second kappa shape index (κ2) is 7.80. The number of phenolic OH excluding ortho intramolecular Hbond substituents is 1. The van der Waals surface area contributed by atoms with Gasteiger partial charge in [0.05, 0.1) is 12.8 Å². The number of benzene rings is 1. The molecule has 144 valence electrons. The molecule has 1 fully saturated rings. The molecule has 0 amide bonds. The number of ether oxygens (including phenoxy) is 2. The number of hydrogen-bond donors (Lipinski definition) is 1. The summed E-state index contributed by atoms with van der Waals surface area (Å²) >= 11 is 0. The summed E-state index contributed by atoms with van der Waals surface area (Å²) in [6.45, 7) is 0. The molecule has 3 aromatic rings. The van der Waals surface area contributed by atoms with Crippen molar-refractivity contribution in [3.63, 3.8) is 0 Å². The average Bonchev–Trinajstić information content (AvgIpc) is 3.13. The predicted molar refractivity (Wildman–Crippen MR) is 102 cm³/mol. The van der Waals surface area contributed by atoms with Gasteiger partial charge in [-0.1, -0.05) is 6.07 Å². The minimum Gasteiger partial charge on any atom is -0.507 e. The fourth-order valence-electron chi connectivity index (χ4n) is 3.32. The van der Waals surface area contributed by atoms with Crippen molar-refractivity contribution in [2.75, 3.05) is 7.11 Å². The monoisotopic (exact) mass is 381 g/mol. The van der Waals surface area contributed by atoms with Gasteiger partial charge in [0.25, 0.3) is 0 Å². The zero-order valence-electron chi connectivity index (χ0n) is 15.4. The molecule has 0 aliphatic heterocycles. The summed E-state index contributed by atoms with van der Waals surface area (Å²) < 4.78 is 24.4. The van der Waals surface area contributed by atoms with Gasteiger partial charge in [0.1, 0.15) is 18.0 Å². The van der Waals surface area contributed by atoms with Crippen LogP contribution in [0.3, 0.4) is 0 Å². The lowest BCUT2D eigenvalue weighted by molar-refractivity contribution is 0.119. The molecule has 0 unspecified atom stereocenters. The van der Waals surface area contributed by atoms with E-state index >= 15 is 0 Å². The number of pyridine rings is 1. The molecular weight excluding hydrogens is 361 g/mol. The number of aromatic hydroxyl groups is 1. The largest absolute Gasteiger partial charge is 0.507 e. The van der Waals surface area contributed by atoms with E-state index in [0.29, 0.717) is 35.9 Å². The first-order valence-corrected chi connectivity index (χ1v) is 9.12. The molecule has 0 spiro atoms. The van der Waals surface area contributed by atoms with Gasteiger partial charge in [-0.2, -0.15) is 0 Å². The van der Waals surface area contributed by atoms with Crippen molar-refractivity contribution < 1.29 is 19.0 Å². The molecule has 0 bridgehead atoms. The number of methoxy groups -OCH3 is 1. The Labute approximate surface area is 162 Å². The zero-order valence-corrected chi connectivity index (χ0v) is 15.4. The number of hydrogen-bond acceptors (Lipinski definition) is 6. The first-order chi connectivity index (χ1) is 13.6. The third-order valence-corrected chi connectivity index (χ3v) is 4.84. The van der Waals surface area contributed by atoms with E-state index in [9.17, 15) is 9.50 Å². The van der Waals surface area contributed by atoms with E-state index in [0.717, 1.165) is 17.5 Å². The van der Waals surface area contributed by atoms with Crippen molar-refractivity contribution in [2.45, 2.75) is 31.5 Å². The maximum absolute atomic E-state index is 13.7. The Balaban J connectivity index is 1.54. The van der Waals surface area contributed by atoms with E-state index in [2.05, 4.69) is 15.2 Å². The van der Waals surface area contributed by atoms with Crippen LogP contribution in [0.4, 0.5) is 4.39 Å². The van der Waals surface area contributed by atoms with Gasteiger partial charge in [-0.25, -0.2) is 9.37 Å². The van der Waals surface area contributed by atoms with Crippen LogP contribution in [0.25, 0.3) is 22.4 Å². The molecule has 1 aromatic carbocycles. The highest BCUT2D eigenvalue weighted by Gasteiger charge is 2.29. The summed E-state index contributed by atoms with van der Waals surface area (Å²) in [5.41, 5.74) is 2.76. The SMILES string of the molecule is COc1cc(-c2ccc(-c3ccc(O[C@H]4CCC[C@H]4F)nn3)c(O)c2)ccn1. The number of alkyl halides is 1. The predicted octanol–water partition coefficient (Wildman–Crippen LogP) is 4.19. The minimum absolute atomic E-state index is 0.0795. The Hall–Kier alpha value is -3.22. The second-order valence-corrected chi connectivity index (χ2v) is 6.68. The maximum atomic E-state index is 13.7. The van der Waals surface area contributed by atoms with Crippen LogP contribution in [0.2, 0.25) is 0 Å². The fraction of sp³-hybridized carbons (Fsp3) is 0.286. The standard InChI is InChI=1S/C21H20FN3O3/c1-27-21-12-14(9-10-23-21)13-5-6-15(18(26)11-13)17-7-8-20(25-24-17)28-19-4-2-3-16(19)22/h5-12,16,19,26H,2-4H2,1H3/t16-,19+/m1/s1. The molecule has 2 heterocycles. The van der Waals surface area contributed by atoms with Gasteiger partial charge in [0.2, 0.25) is 11.8 Å². The van der Waals surface area contributed by atoms with Gasteiger partial charge in [-0.15, -0.1) is 10.2 Å². The summed E-state index contributed by atoms with van der Waals surface area (Å²) in [4.78, 5) is 4.08. The maximum Gasteiger partial charge on any atom is 0.233 e. The van der Waals surface area contributed by atoms with Gasteiger partial charge < -0.3 is 14.6 Å². The van der Waals surface area contributed by atoms with E-state index in [1.54, 1.807) is 43.6 Å². The molecule has 2 atom stereocenters.